The SMILES string of the molecule is COc1ccc(COC[C@H]2OC=C(SC(F)(F)F)[C@@H](OCc3ccc(OC)cc3)[C@@H]2OCc2ccc(OC)cc2)cc1. The quantitative estimate of drug-likeness (QED) is 0.197. The Morgan fingerprint density at radius 1 is 0.667 bits per heavy atom. The molecule has 0 aromatic heterocycles. The van der Waals surface area contributed by atoms with Gasteiger partial charge in [0.25, 0.3) is 0 Å². The Balaban J connectivity index is 1.53. The van der Waals surface area contributed by atoms with Gasteiger partial charge in [0.05, 0.1) is 58.9 Å². The van der Waals surface area contributed by atoms with Gasteiger partial charge in [-0.3, -0.25) is 0 Å². The summed E-state index contributed by atoms with van der Waals surface area (Å²) in [6.45, 7) is 0.480. The van der Waals surface area contributed by atoms with Gasteiger partial charge in [0.2, 0.25) is 0 Å². The maximum Gasteiger partial charge on any atom is 0.446 e. The zero-order valence-electron chi connectivity index (χ0n) is 23.5. The lowest BCUT2D eigenvalue weighted by Crippen LogP contribution is -2.47. The van der Waals surface area contributed by atoms with Gasteiger partial charge in [-0.25, -0.2) is 0 Å². The number of alkyl halides is 3. The largest absolute Gasteiger partial charge is 0.497 e. The number of rotatable bonds is 14. The van der Waals surface area contributed by atoms with E-state index in [2.05, 4.69) is 0 Å². The Morgan fingerprint density at radius 2 is 1.12 bits per heavy atom. The van der Waals surface area contributed by atoms with Gasteiger partial charge in [-0.05, 0) is 64.9 Å². The van der Waals surface area contributed by atoms with Crippen LogP contribution in [0.5, 0.6) is 17.2 Å². The third kappa shape index (κ3) is 9.32. The maximum atomic E-state index is 13.6. The highest BCUT2D eigenvalue weighted by atomic mass is 32.2. The summed E-state index contributed by atoms with van der Waals surface area (Å²) in [5.74, 6) is 2.06. The van der Waals surface area contributed by atoms with Gasteiger partial charge in [0, 0.05) is 0 Å². The Labute approximate surface area is 247 Å². The molecule has 0 radical (unpaired) electrons. The number of methoxy groups -OCH3 is 3. The van der Waals surface area contributed by atoms with Crippen LogP contribution in [0, 0.1) is 0 Å². The lowest BCUT2D eigenvalue weighted by atomic mass is 10.0. The molecular formula is C31H33F3O7S. The second-order valence-corrected chi connectivity index (χ2v) is 10.4. The van der Waals surface area contributed by atoms with Crippen molar-refractivity contribution in [3.63, 3.8) is 0 Å². The highest BCUT2D eigenvalue weighted by molar-refractivity contribution is 8.03. The highest BCUT2D eigenvalue weighted by Gasteiger charge is 2.43. The molecule has 226 valence electrons. The molecule has 3 aromatic carbocycles. The van der Waals surface area contributed by atoms with Crippen LogP contribution >= 0.6 is 11.8 Å². The van der Waals surface area contributed by atoms with E-state index >= 15 is 0 Å². The first-order valence-electron chi connectivity index (χ1n) is 13.1. The molecule has 0 aliphatic carbocycles. The number of ether oxygens (including phenoxy) is 7. The summed E-state index contributed by atoms with van der Waals surface area (Å²) < 4.78 is 80.4. The second-order valence-electron chi connectivity index (χ2n) is 9.31. The minimum absolute atomic E-state index is 0.0479. The van der Waals surface area contributed by atoms with E-state index in [9.17, 15) is 13.2 Å². The smallest absolute Gasteiger partial charge is 0.446 e. The molecule has 11 heteroatoms. The lowest BCUT2D eigenvalue weighted by molar-refractivity contribution is -0.149. The third-order valence-corrected chi connectivity index (χ3v) is 7.23. The number of hydrogen-bond donors (Lipinski definition) is 0. The minimum Gasteiger partial charge on any atom is -0.497 e. The van der Waals surface area contributed by atoms with Gasteiger partial charge in [0.1, 0.15) is 29.5 Å². The molecule has 0 saturated heterocycles. The van der Waals surface area contributed by atoms with Gasteiger partial charge < -0.3 is 33.2 Å². The Morgan fingerprint density at radius 3 is 1.57 bits per heavy atom. The second kappa shape index (κ2) is 15.2. The van der Waals surface area contributed by atoms with Gasteiger partial charge in [-0.15, -0.1) is 0 Å². The summed E-state index contributed by atoms with van der Waals surface area (Å²) in [7, 11) is 4.71. The monoisotopic (exact) mass is 606 g/mol. The fraction of sp³-hybridized carbons (Fsp3) is 0.355. The molecule has 0 bridgehead atoms. The molecular weight excluding hydrogens is 573 g/mol. The molecule has 0 spiro atoms. The number of benzene rings is 3. The average Bonchev–Trinajstić information content (AvgIpc) is 3.00. The normalized spacial score (nSPS) is 18.6. The third-order valence-electron chi connectivity index (χ3n) is 6.44. The van der Waals surface area contributed by atoms with Gasteiger partial charge in [-0.1, -0.05) is 36.4 Å². The predicted molar refractivity (Wildman–Crippen MR) is 152 cm³/mol. The lowest BCUT2D eigenvalue weighted by Gasteiger charge is -2.37. The van der Waals surface area contributed by atoms with Gasteiger partial charge in [-0.2, -0.15) is 13.2 Å². The van der Waals surface area contributed by atoms with E-state index in [1.54, 1.807) is 57.7 Å². The van der Waals surface area contributed by atoms with Crippen LogP contribution in [0.3, 0.4) is 0 Å². The molecule has 0 saturated carbocycles. The van der Waals surface area contributed by atoms with Crippen LogP contribution in [-0.4, -0.2) is 51.8 Å². The van der Waals surface area contributed by atoms with Crippen molar-refractivity contribution in [1.29, 1.82) is 0 Å². The van der Waals surface area contributed by atoms with E-state index in [1.807, 2.05) is 36.4 Å². The topological polar surface area (TPSA) is 64.6 Å². The van der Waals surface area contributed by atoms with Crippen LogP contribution in [0.1, 0.15) is 16.7 Å². The number of thioether (sulfide) groups is 1. The molecule has 0 N–H and O–H groups in total. The summed E-state index contributed by atoms with van der Waals surface area (Å²) in [4.78, 5) is -0.137. The van der Waals surface area contributed by atoms with Crippen molar-refractivity contribution in [2.75, 3.05) is 27.9 Å². The Hall–Kier alpha value is -3.38. The summed E-state index contributed by atoms with van der Waals surface area (Å²) in [5, 5.41) is 0. The number of hydrogen-bond acceptors (Lipinski definition) is 8. The first kappa shape index (κ1) is 31.6. The standard InChI is InChI=1S/C31H33F3O7S/c1-35-24-10-4-21(5-11-24)16-38-19-27-29(40-17-22-6-12-25(36-2)13-7-22)30(28(20-39-27)42-31(32,33)34)41-18-23-8-14-26(37-3)15-9-23/h4-15,20,27,29-30H,16-19H2,1-3H3/t27-,29-,30-/m1/s1. The van der Waals surface area contributed by atoms with E-state index < -0.39 is 23.8 Å². The van der Waals surface area contributed by atoms with Crippen LogP contribution in [-0.2, 0) is 38.8 Å². The Bertz CT molecular complexity index is 1270. The fourth-order valence-electron chi connectivity index (χ4n) is 4.21. The van der Waals surface area contributed by atoms with Crippen molar-refractivity contribution >= 4 is 11.8 Å². The molecule has 0 fully saturated rings. The molecule has 1 aliphatic heterocycles. The van der Waals surface area contributed by atoms with Crippen LogP contribution in [0.2, 0.25) is 0 Å². The molecule has 7 nitrogen and oxygen atoms in total. The summed E-state index contributed by atoms with van der Waals surface area (Å²) in [5.41, 5.74) is -2.07. The summed E-state index contributed by atoms with van der Waals surface area (Å²) >= 11 is -0.275. The van der Waals surface area contributed by atoms with Crippen molar-refractivity contribution in [3.8, 4) is 17.2 Å². The minimum atomic E-state index is -4.55. The van der Waals surface area contributed by atoms with Crippen LogP contribution in [0.15, 0.2) is 84.0 Å². The van der Waals surface area contributed by atoms with Gasteiger partial charge >= 0.3 is 5.51 Å². The molecule has 4 rings (SSSR count). The van der Waals surface area contributed by atoms with Crippen molar-refractivity contribution in [3.05, 3.63) is 101 Å². The molecule has 3 aromatic rings. The summed E-state index contributed by atoms with van der Waals surface area (Å²) in [6.07, 6.45) is -1.61. The molecule has 42 heavy (non-hydrogen) atoms. The first-order chi connectivity index (χ1) is 20.3. The number of halogens is 3. The predicted octanol–water partition coefficient (Wildman–Crippen LogP) is 6.89. The fourth-order valence-corrected chi connectivity index (χ4v) is 4.90. The van der Waals surface area contributed by atoms with E-state index in [-0.39, 0.29) is 43.1 Å². The Kier molecular flexibility index (Phi) is 11.4. The zero-order valence-corrected chi connectivity index (χ0v) is 24.3. The van der Waals surface area contributed by atoms with Crippen molar-refractivity contribution in [1.82, 2.24) is 0 Å². The molecule has 0 amide bonds. The van der Waals surface area contributed by atoms with Crippen molar-refractivity contribution < 1.29 is 46.3 Å². The van der Waals surface area contributed by atoms with Crippen molar-refractivity contribution in [2.45, 2.75) is 43.6 Å². The molecule has 1 heterocycles. The zero-order chi connectivity index (χ0) is 30.0. The van der Waals surface area contributed by atoms with Gasteiger partial charge in [0.15, 0.2) is 6.10 Å². The summed E-state index contributed by atoms with van der Waals surface area (Å²) in [6, 6.07) is 21.7. The van der Waals surface area contributed by atoms with E-state index in [0.29, 0.717) is 11.5 Å². The molecule has 1 aliphatic rings. The van der Waals surface area contributed by atoms with E-state index in [4.69, 9.17) is 33.2 Å². The van der Waals surface area contributed by atoms with Crippen LogP contribution in [0.25, 0.3) is 0 Å². The van der Waals surface area contributed by atoms with E-state index in [0.717, 1.165) is 28.7 Å². The van der Waals surface area contributed by atoms with E-state index in [1.165, 1.54) is 0 Å². The van der Waals surface area contributed by atoms with Crippen LogP contribution in [0.4, 0.5) is 13.2 Å². The molecule has 3 atom stereocenters. The first-order valence-corrected chi connectivity index (χ1v) is 13.9. The van der Waals surface area contributed by atoms with Crippen LogP contribution < -0.4 is 14.2 Å². The van der Waals surface area contributed by atoms with Crippen molar-refractivity contribution in [2.24, 2.45) is 0 Å². The molecule has 0 unspecified atom stereocenters. The average molecular weight is 607 g/mol. The highest BCUT2D eigenvalue weighted by Crippen LogP contribution is 2.42. The maximum absolute atomic E-state index is 13.6.